The highest BCUT2D eigenvalue weighted by Crippen LogP contribution is 2.33. The van der Waals surface area contributed by atoms with Crippen LogP contribution >= 0.6 is 23.2 Å². The normalized spacial score (nSPS) is 17.1. The average Bonchev–Trinajstić information content (AvgIpc) is 2.77. The number of nitrogens with zero attached hydrogens (tertiary/aromatic N) is 1. The third-order valence-electron chi connectivity index (χ3n) is 3.59. The van der Waals surface area contributed by atoms with Gasteiger partial charge in [-0.2, -0.15) is 0 Å². The maximum atomic E-state index is 12.7. The predicted molar refractivity (Wildman–Crippen MR) is 82.9 cm³/mol. The fraction of sp³-hybridized carbons (Fsp3) is 0.188. The molecule has 2 nitrogen and oxygen atoms in total. The minimum absolute atomic E-state index is 0.0407. The lowest BCUT2D eigenvalue weighted by Gasteiger charge is -2.23. The van der Waals surface area contributed by atoms with E-state index in [-0.39, 0.29) is 11.9 Å². The zero-order valence-corrected chi connectivity index (χ0v) is 12.4. The van der Waals surface area contributed by atoms with E-state index in [2.05, 4.69) is 13.0 Å². The standard InChI is InChI=1S/C16H13Cl2NO/c1-10-8-11-4-2-3-5-15(11)19(10)16(20)12-6-7-13(17)14(18)9-12/h2-7,9-10H,8H2,1H3/t10-/m0/s1. The first-order valence-corrected chi connectivity index (χ1v) is 7.20. The van der Waals surface area contributed by atoms with Gasteiger partial charge in [0.2, 0.25) is 0 Å². The van der Waals surface area contributed by atoms with Gasteiger partial charge in [-0.3, -0.25) is 4.79 Å². The molecular weight excluding hydrogens is 293 g/mol. The van der Waals surface area contributed by atoms with Gasteiger partial charge in [-0.15, -0.1) is 0 Å². The molecule has 0 unspecified atom stereocenters. The Morgan fingerprint density at radius 1 is 1.15 bits per heavy atom. The minimum atomic E-state index is -0.0407. The van der Waals surface area contributed by atoms with Gasteiger partial charge in [0.1, 0.15) is 0 Å². The lowest BCUT2D eigenvalue weighted by Crippen LogP contribution is -2.35. The van der Waals surface area contributed by atoms with Crippen LogP contribution in [-0.2, 0) is 6.42 Å². The van der Waals surface area contributed by atoms with Gasteiger partial charge < -0.3 is 4.90 Å². The van der Waals surface area contributed by atoms with Crippen molar-refractivity contribution in [1.29, 1.82) is 0 Å². The summed E-state index contributed by atoms with van der Waals surface area (Å²) in [4.78, 5) is 14.5. The molecular formula is C16H13Cl2NO. The topological polar surface area (TPSA) is 20.3 Å². The molecule has 1 heterocycles. The number of fused-ring (bicyclic) bond motifs is 1. The molecule has 2 aromatic carbocycles. The zero-order chi connectivity index (χ0) is 14.3. The van der Waals surface area contributed by atoms with E-state index in [1.165, 1.54) is 5.56 Å². The van der Waals surface area contributed by atoms with E-state index in [0.29, 0.717) is 15.6 Å². The summed E-state index contributed by atoms with van der Waals surface area (Å²) in [5, 5.41) is 0.857. The molecule has 4 heteroatoms. The van der Waals surface area contributed by atoms with Crippen LogP contribution in [0.3, 0.4) is 0 Å². The van der Waals surface area contributed by atoms with Crippen molar-refractivity contribution in [3.05, 3.63) is 63.6 Å². The first-order chi connectivity index (χ1) is 9.58. The number of hydrogen-bond acceptors (Lipinski definition) is 1. The van der Waals surface area contributed by atoms with Gasteiger partial charge >= 0.3 is 0 Å². The number of rotatable bonds is 1. The van der Waals surface area contributed by atoms with Crippen LogP contribution in [0, 0.1) is 0 Å². The first kappa shape index (κ1) is 13.5. The number of amides is 1. The SMILES string of the molecule is C[C@H]1Cc2ccccc2N1C(=O)c1ccc(Cl)c(Cl)c1. The van der Waals surface area contributed by atoms with Crippen molar-refractivity contribution in [3.63, 3.8) is 0 Å². The molecule has 0 saturated carbocycles. The second-order valence-electron chi connectivity index (χ2n) is 4.99. The zero-order valence-electron chi connectivity index (χ0n) is 10.9. The molecule has 0 spiro atoms. The van der Waals surface area contributed by atoms with Gasteiger partial charge in [0.25, 0.3) is 5.91 Å². The summed E-state index contributed by atoms with van der Waals surface area (Å²) in [6, 6.07) is 13.1. The molecule has 102 valence electrons. The van der Waals surface area contributed by atoms with Gasteiger partial charge in [0.15, 0.2) is 0 Å². The molecule has 0 fully saturated rings. The van der Waals surface area contributed by atoms with Crippen molar-refractivity contribution >= 4 is 34.8 Å². The second kappa shape index (κ2) is 5.12. The Morgan fingerprint density at radius 2 is 1.90 bits per heavy atom. The number of benzene rings is 2. The quantitative estimate of drug-likeness (QED) is 0.755. The van der Waals surface area contributed by atoms with Crippen LogP contribution in [0.1, 0.15) is 22.8 Å². The lowest BCUT2D eigenvalue weighted by molar-refractivity contribution is 0.0981. The fourth-order valence-corrected chi connectivity index (χ4v) is 2.94. The largest absolute Gasteiger partial charge is 0.305 e. The predicted octanol–water partition coefficient (Wildman–Crippen LogP) is 4.58. The Bertz CT molecular complexity index is 684. The van der Waals surface area contributed by atoms with Gasteiger partial charge in [-0.05, 0) is 43.2 Å². The molecule has 1 aliphatic rings. The molecule has 20 heavy (non-hydrogen) atoms. The van der Waals surface area contributed by atoms with E-state index in [9.17, 15) is 4.79 Å². The maximum absolute atomic E-state index is 12.7. The molecule has 0 bridgehead atoms. The summed E-state index contributed by atoms with van der Waals surface area (Å²) < 4.78 is 0. The van der Waals surface area contributed by atoms with Crippen molar-refractivity contribution in [3.8, 4) is 0 Å². The smallest absolute Gasteiger partial charge is 0.258 e. The van der Waals surface area contributed by atoms with Crippen LogP contribution in [0.15, 0.2) is 42.5 Å². The van der Waals surface area contributed by atoms with E-state index in [4.69, 9.17) is 23.2 Å². The molecule has 2 aromatic rings. The van der Waals surface area contributed by atoms with Crippen LogP contribution < -0.4 is 4.90 Å². The van der Waals surface area contributed by atoms with Crippen LogP contribution in [0.4, 0.5) is 5.69 Å². The summed E-state index contributed by atoms with van der Waals surface area (Å²) in [6.07, 6.45) is 0.878. The van der Waals surface area contributed by atoms with E-state index in [1.54, 1.807) is 18.2 Å². The number of carbonyl (C=O) groups excluding carboxylic acids is 1. The molecule has 0 aromatic heterocycles. The summed E-state index contributed by atoms with van der Waals surface area (Å²) >= 11 is 11.9. The highest BCUT2D eigenvalue weighted by Gasteiger charge is 2.31. The molecule has 0 aliphatic carbocycles. The lowest BCUT2D eigenvalue weighted by atomic mass is 10.1. The van der Waals surface area contributed by atoms with Gasteiger partial charge in [-0.1, -0.05) is 41.4 Å². The second-order valence-corrected chi connectivity index (χ2v) is 5.80. The third kappa shape index (κ3) is 2.19. The van der Waals surface area contributed by atoms with E-state index >= 15 is 0 Å². The molecule has 1 aliphatic heterocycles. The molecule has 1 atom stereocenters. The van der Waals surface area contributed by atoms with Crippen molar-refractivity contribution in [1.82, 2.24) is 0 Å². The summed E-state index contributed by atoms with van der Waals surface area (Å²) in [5.74, 6) is -0.0407. The number of anilines is 1. The average molecular weight is 306 g/mol. The number of hydrogen-bond donors (Lipinski definition) is 0. The summed E-state index contributed by atoms with van der Waals surface area (Å²) in [6.45, 7) is 2.05. The van der Waals surface area contributed by atoms with Crippen molar-refractivity contribution < 1.29 is 4.79 Å². The fourth-order valence-electron chi connectivity index (χ4n) is 2.64. The van der Waals surface area contributed by atoms with Crippen molar-refractivity contribution in [2.45, 2.75) is 19.4 Å². The van der Waals surface area contributed by atoms with Crippen LogP contribution in [0.5, 0.6) is 0 Å². The molecule has 1 amide bonds. The third-order valence-corrected chi connectivity index (χ3v) is 4.33. The molecule has 0 radical (unpaired) electrons. The van der Waals surface area contributed by atoms with E-state index in [0.717, 1.165) is 12.1 Å². The van der Waals surface area contributed by atoms with Gasteiger partial charge in [0.05, 0.1) is 10.0 Å². The van der Waals surface area contributed by atoms with Gasteiger partial charge in [-0.25, -0.2) is 0 Å². The van der Waals surface area contributed by atoms with Crippen LogP contribution in [0.25, 0.3) is 0 Å². The Balaban J connectivity index is 2.00. The summed E-state index contributed by atoms with van der Waals surface area (Å²) in [7, 11) is 0. The Hall–Kier alpha value is -1.51. The monoisotopic (exact) mass is 305 g/mol. The molecule has 3 rings (SSSR count). The highest BCUT2D eigenvalue weighted by molar-refractivity contribution is 6.42. The van der Waals surface area contributed by atoms with Crippen molar-refractivity contribution in [2.75, 3.05) is 4.90 Å². The molecule has 0 N–H and O–H groups in total. The number of para-hydroxylation sites is 1. The van der Waals surface area contributed by atoms with E-state index < -0.39 is 0 Å². The Kier molecular flexibility index (Phi) is 3.45. The number of halogens is 2. The molecule has 0 saturated heterocycles. The van der Waals surface area contributed by atoms with Gasteiger partial charge in [0, 0.05) is 17.3 Å². The first-order valence-electron chi connectivity index (χ1n) is 6.44. The van der Waals surface area contributed by atoms with Crippen molar-refractivity contribution in [2.24, 2.45) is 0 Å². The van der Waals surface area contributed by atoms with E-state index in [1.807, 2.05) is 23.1 Å². The van der Waals surface area contributed by atoms with Crippen LogP contribution in [-0.4, -0.2) is 11.9 Å². The van der Waals surface area contributed by atoms with Crippen LogP contribution in [0.2, 0.25) is 10.0 Å². The Morgan fingerprint density at radius 3 is 2.65 bits per heavy atom. The number of carbonyl (C=O) groups is 1. The highest BCUT2D eigenvalue weighted by atomic mass is 35.5. The Labute approximate surface area is 127 Å². The summed E-state index contributed by atoms with van der Waals surface area (Å²) in [5.41, 5.74) is 2.74. The minimum Gasteiger partial charge on any atom is -0.305 e. The maximum Gasteiger partial charge on any atom is 0.258 e.